The first kappa shape index (κ1) is 14.8. The first-order valence-electron chi connectivity index (χ1n) is 6.58. The third kappa shape index (κ3) is 3.71. The van der Waals surface area contributed by atoms with Crippen molar-refractivity contribution in [3.63, 3.8) is 0 Å². The van der Waals surface area contributed by atoms with Crippen LogP contribution in [-0.2, 0) is 0 Å². The minimum Gasteiger partial charge on any atom is -0.348 e. The second-order valence-corrected chi connectivity index (χ2v) is 6.25. The lowest BCUT2D eigenvalue weighted by atomic mass is 9.98. The summed E-state index contributed by atoms with van der Waals surface area (Å²) in [6.45, 7) is 0.487. The Kier molecular flexibility index (Phi) is 5.25. The summed E-state index contributed by atoms with van der Waals surface area (Å²) in [4.78, 5) is 12.2. The van der Waals surface area contributed by atoms with Crippen LogP contribution in [0.4, 0.5) is 0 Å². The first-order chi connectivity index (χ1) is 9.11. The molecule has 1 aromatic rings. The number of amides is 1. The van der Waals surface area contributed by atoms with Gasteiger partial charge >= 0.3 is 0 Å². The van der Waals surface area contributed by atoms with Gasteiger partial charge < -0.3 is 11.1 Å². The molecule has 0 saturated heterocycles. The van der Waals surface area contributed by atoms with Crippen LogP contribution in [0.5, 0.6) is 0 Å². The molecule has 1 amide bonds. The summed E-state index contributed by atoms with van der Waals surface area (Å²) in [5.74, 6) is 0.414. The predicted molar refractivity (Wildman–Crippen MR) is 81.4 cm³/mol. The second-order valence-electron chi connectivity index (χ2n) is 4.99. The Labute approximate surface area is 127 Å². The molecule has 1 unspecified atom stereocenters. The Morgan fingerprint density at radius 2 is 2.16 bits per heavy atom. The first-order valence-corrected chi connectivity index (χ1v) is 7.75. The zero-order chi connectivity index (χ0) is 13.8. The number of nitrogens with two attached hydrogens (primary N) is 1. The van der Waals surface area contributed by atoms with Gasteiger partial charge in [-0.25, -0.2) is 0 Å². The molecule has 1 aliphatic rings. The zero-order valence-electron chi connectivity index (χ0n) is 10.7. The minimum atomic E-state index is -0.100. The quantitative estimate of drug-likeness (QED) is 0.879. The molecule has 1 saturated carbocycles. The van der Waals surface area contributed by atoms with Gasteiger partial charge in [0.1, 0.15) is 0 Å². The third-order valence-corrected chi connectivity index (χ3v) is 4.95. The van der Waals surface area contributed by atoms with Crippen molar-refractivity contribution in [2.45, 2.75) is 31.7 Å². The number of carbonyl (C=O) groups is 1. The van der Waals surface area contributed by atoms with Crippen LogP contribution in [0.1, 0.15) is 36.0 Å². The number of rotatable bonds is 4. The average Bonchev–Trinajstić information content (AvgIpc) is 2.92. The third-order valence-electron chi connectivity index (χ3n) is 3.72. The van der Waals surface area contributed by atoms with Crippen molar-refractivity contribution in [1.29, 1.82) is 0 Å². The molecule has 0 bridgehead atoms. The molecule has 1 aromatic carbocycles. The van der Waals surface area contributed by atoms with E-state index >= 15 is 0 Å². The lowest BCUT2D eigenvalue weighted by Crippen LogP contribution is -2.44. The molecule has 104 valence electrons. The lowest BCUT2D eigenvalue weighted by Gasteiger charge is -2.23. The summed E-state index contributed by atoms with van der Waals surface area (Å²) in [6, 6.07) is 5.28. The highest BCUT2D eigenvalue weighted by Crippen LogP contribution is 2.28. The van der Waals surface area contributed by atoms with E-state index in [0.29, 0.717) is 23.0 Å². The zero-order valence-corrected chi connectivity index (χ0v) is 13.0. The van der Waals surface area contributed by atoms with Crippen LogP contribution < -0.4 is 11.1 Å². The molecule has 0 aliphatic heterocycles. The maximum atomic E-state index is 12.2. The van der Waals surface area contributed by atoms with Gasteiger partial charge in [0, 0.05) is 22.6 Å². The maximum absolute atomic E-state index is 12.2. The molecule has 0 spiro atoms. The van der Waals surface area contributed by atoms with E-state index in [1.165, 1.54) is 12.8 Å². The van der Waals surface area contributed by atoms with Gasteiger partial charge in [0.05, 0.1) is 5.02 Å². The highest BCUT2D eigenvalue weighted by molar-refractivity contribution is 9.10. The molecule has 0 radical (unpaired) electrons. The molecule has 0 heterocycles. The van der Waals surface area contributed by atoms with Crippen LogP contribution in [0.2, 0.25) is 5.02 Å². The van der Waals surface area contributed by atoms with Gasteiger partial charge in [-0.2, -0.15) is 0 Å². The molecule has 1 atom stereocenters. The summed E-state index contributed by atoms with van der Waals surface area (Å²) >= 11 is 9.32. The van der Waals surface area contributed by atoms with E-state index in [9.17, 15) is 4.79 Å². The largest absolute Gasteiger partial charge is 0.348 e. The van der Waals surface area contributed by atoms with Crippen molar-refractivity contribution in [3.8, 4) is 0 Å². The van der Waals surface area contributed by atoms with Gasteiger partial charge in [-0.1, -0.05) is 24.4 Å². The summed E-state index contributed by atoms with van der Waals surface area (Å²) in [5.41, 5.74) is 6.36. The highest BCUT2D eigenvalue weighted by atomic mass is 79.9. The van der Waals surface area contributed by atoms with E-state index in [1.54, 1.807) is 18.2 Å². The maximum Gasteiger partial charge on any atom is 0.251 e. The fourth-order valence-electron chi connectivity index (χ4n) is 2.62. The molecule has 19 heavy (non-hydrogen) atoms. The molecule has 0 aromatic heterocycles. The number of hydrogen-bond donors (Lipinski definition) is 2. The van der Waals surface area contributed by atoms with Crippen molar-refractivity contribution in [2.75, 3.05) is 6.54 Å². The summed E-state index contributed by atoms with van der Waals surface area (Å²) in [6.07, 6.45) is 4.79. The van der Waals surface area contributed by atoms with Crippen LogP contribution >= 0.6 is 27.5 Å². The SMILES string of the molecule is NCC(NC(=O)c1ccc(Br)c(Cl)c1)C1CCCC1. The summed E-state index contributed by atoms with van der Waals surface area (Å²) < 4.78 is 0.789. The molecule has 1 fully saturated rings. The van der Waals surface area contributed by atoms with E-state index in [4.69, 9.17) is 17.3 Å². The number of hydrogen-bond acceptors (Lipinski definition) is 2. The summed E-state index contributed by atoms with van der Waals surface area (Å²) in [7, 11) is 0. The van der Waals surface area contributed by atoms with Crippen LogP contribution in [0.3, 0.4) is 0 Å². The second kappa shape index (κ2) is 6.73. The minimum absolute atomic E-state index is 0.0671. The van der Waals surface area contributed by atoms with Crippen LogP contribution in [0.15, 0.2) is 22.7 Å². The van der Waals surface area contributed by atoms with Gasteiger partial charge in [0.25, 0.3) is 5.91 Å². The molecular formula is C14H18BrClN2O. The molecule has 2 rings (SSSR count). The Hall–Kier alpha value is -0.580. The standard InChI is InChI=1S/C14H18BrClN2O/c15-11-6-5-10(7-12(11)16)14(19)18-13(8-17)9-3-1-2-4-9/h5-7,9,13H,1-4,8,17H2,(H,18,19). The fraction of sp³-hybridized carbons (Fsp3) is 0.500. The summed E-state index contributed by atoms with van der Waals surface area (Å²) in [5, 5.41) is 3.57. The van der Waals surface area contributed by atoms with E-state index in [2.05, 4.69) is 21.2 Å². The van der Waals surface area contributed by atoms with Crippen molar-refractivity contribution in [1.82, 2.24) is 5.32 Å². The highest BCUT2D eigenvalue weighted by Gasteiger charge is 2.25. The van der Waals surface area contributed by atoms with Crippen molar-refractivity contribution in [2.24, 2.45) is 11.7 Å². The molecule has 1 aliphatic carbocycles. The van der Waals surface area contributed by atoms with Crippen molar-refractivity contribution < 1.29 is 4.79 Å². The fourth-order valence-corrected chi connectivity index (χ4v) is 3.05. The van der Waals surface area contributed by atoms with Crippen LogP contribution in [-0.4, -0.2) is 18.5 Å². The molecule has 3 N–H and O–H groups in total. The topological polar surface area (TPSA) is 55.1 Å². The van der Waals surface area contributed by atoms with Gasteiger partial charge in [-0.15, -0.1) is 0 Å². The van der Waals surface area contributed by atoms with Crippen molar-refractivity contribution in [3.05, 3.63) is 33.3 Å². The molecule has 3 nitrogen and oxygen atoms in total. The van der Waals surface area contributed by atoms with Crippen LogP contribution in [0.25, 0.3) is 0 Å². The van der Waals surface area contributed by atoms with Gasteiger partial charge in [-0.3, -0.25) is 4.79 Å². The van der Waals surface area contributed by atoms with E-state index in [-0.39, 0.29) is 11.9 Å². The Morgan fingerprint density at radius 3 is 2.74 bits per heavy atom. The monoisotopic (exact) mass is 344 g/mol. The van der Waals surface area contributed by atoms with Gasteiger partial charge in [0.15, 0.2) is 0 Å². The Balaban J connectivity index is 2.04. The average molecular weight is 346 g/mol. The number of benzene rings is 1. The molecular weight excluding hydrogens is 328 g/mol. The normalized spacial score (nSPS) is 17.4. The van der Waals surface area contributed by atoms with E-state index < -0.39 is 0 Å². The van der Waals surface area contributed by atoms with Crippen molar-refractivity contribution >= 4 is 33.4 Å². The number of nitrogens with one attached hydrogen (secondary N) is 1. The predicted octanol–water partition coefficient (Wildman–Crippen LogP) is 3.35. The van der Waals surface area contributed by atoms with Gasteiger partial charge in [0.2, 0.25) is 0 Å². The van der Waals surface area contributed by atoms with E-state index in [1.807, 2.05) is 0 Å². The van der Waals surface area contributed by atoms with Gasteiger partial charge in [-0.05, 0) is 52.9 Å². The lowest BCUT2D eigenvalue weighted by molar-refractivity contribution is 0.0924. The Morgan fingerprint density at radius 1 is 1.47 bits per heavy atom. The smallest absolute Gasteiger partial charge is 0.251 e. The molecule has 5 heteroatoms. The Bertz CT molecular complexity index is 461. The number of halogens is 2. The van der Waals surface area contributed by atoms with E-state index in [0.717, 1.165) is 17.3 Å². The number of carbonyl (C=O) groups excluding carboxylic acids is 1. The van der Waals surface area contributed by atoms with Crippen LogP contribution in [0, 0.1) is 5.92 Å².